The standard InChI is InChI=1S/C16H19F2N3/c1-9(2)16-15-13(19)4-3-5-14(15)21(20-16)10-6-7-11(17)12(18)8-10/h6-9,13H,3-5,19H2,1-2H3. The van der Waals surface area contributed by atoms with Crippen molar-refractivity contribution in [2.24, 2.45) is 5.73 Å². The molecule has 0 aliphatic heterocycles. The fourth-order valence-corrected chi connectivity index (χ4v) is 3.02. The van der Waals surface area contributed by atoms with Crippen LogP contribution >= 0.6 is 0 Å². The zero-order valence-electron chi connectivity index (χ0n) is 12.2. The minimum Gasteiger partial charge on any atom is -0.324 e. The molecule has 1 aromatic carbocycles. The molecule has 1 aliphatic rings. The molecule has 3 nitrogen and oxygen atoms in total. The van der Waals surface area contributed by atoms with Gasteiger partial charge in [0.25, 0.3) is 0 Å². The Kier molecular flexibility index (Phi) is 3.53. The highest BCUT2D eigenvalue weighted by atomic mass is 19.2. The summed E-state index contributed by atoms with van der Waals surface area (Å²) in [7, 11) is 0. The van der Waals surface area contributed by atoms with Crippen LogP contribution in [0.25, 0.3) is 5.69 Å². The van der Waals surface area contributed by atoms with Crippen molar-refractivity contribution < 1.29 is 8.78 Å². The Bertz CT molecular complexity index is 676. The number of fused-ring (bicyclic) bond motifs is 1. The SMILES string of the molecule is CC(C)c1nn(-c2ccc(F)c(F)c2)c2c1C(N)CCC2. The third-order valence-electron chi connectivity index (χ3n) is 4.04. The van der Waals surface area contributed by atoms with Gasteiger partial charge in [-0.15, -0.1) is 0 Å². The fraction of sp³-hybridized carbons (Fsp3) is 0.438. The van der Waals surface area contributed by atoms with Crippen LogP contribution in [0.2, 0.25) is 0 Å². The first-order valence-corrected chi connectivity index (χ1v) is 7.31. The van der Waals surface area contributed by atoms with Crippen LogP contribution in [0.4, 0.5) is 8.78 Å². The largest absolute Gasteiger partial charge is 0.324 e. The van der Waals surface area contributed by atoms with E-state index in [1.54, 1.807) is 10.7 Å². The van der Waals surface area contributed by atoms with Crippen LogP contribution < -0.4 is 5.73 Å². The Balaban J connectivity index is 2.19. The molecule has 2 aromatic rings. The highest BCUT2D eigenvalue weighted by molar-refractivity contribution is 5.41. The van der Waals surface area contributed by atoms with Crippen molar-refractivity contribution in [2.75, 3.05) is 0 Å². The van der Waals surface area contributed by atoms with Crippen molar-refractivity contribution in [3.63, 3.8) is 0 Å². The molecule has 1 atom stereocenters. The molecule has 0 spiro atoms. The van der Waals surface area contributed by atoms with Crippen LogP contribution in [-0.4, -0.2) is 9.78 Å². The number of nitrogens with zero attached hydrogens (tertiary/aromatic N) is 2. The van der Waals surface area contributed by atoms with Crippen molar-refractivity contribution >= 4 is 0 Å². The summed E-state index contributed by atoms with van der Waals surface area (Å²) < 4.78 is 28.4. The highest BCUT2D eigenvalue weighted by Gasteiger charge is 2.28. The Morgan fingerprint density at radius 2 is 2.05 bits per heavy atom. The lowest BCUT2D eigenvalue weighted by Crippen LogP contribution is -2.19. The highest BCUT2D eigenvalue weighted by Crippen LogP contribution is 2.35. The van der Waals surface area contributed by atoms with E-state index < -0.39 is 11.6 Å². The van der Waals surface area contributed by atoms with Gasteiger partial charge in [-0.1, -0.05) is 13.8 Å². The average Bonchev–Trinajstić information content (AvgIpc) is 2.83. The van der Waals surface area contributed by atoms with E-state index in [2.05, 4.69) is 18.9 Å². The van der Waals surface area contributed by atoms with Gasteiger partial charge in [0.15, 0.2) is 11.6 Å². The van der Waals surface area contributed by atoms with Crippen molar-refractivity contribution in [2.45, 2.75) is 45.1 Å². The molecule has 1 aromatic heterocycles. The molecule has 0 amide bonds. The number of benzene rings is 1. The monoisotopic (exact) mass is 291 g/mol. The first kappa shape index (κ1) is 14.2. The fourth-order valence-electron chi connectivity index (χ4n) is 3.02. The molecule has 5 heteroatoms. The van der Waals surface area contributed by atoms with E-state index in [1.165, 1.54) is 6.07 Å². The molecule has 0 fully saturated rings. The van der Waals surface area contributed by atoms with E-state index in [0.717, 1.165) is 42.3 Å². The summed E-state index contributed by atoms with van der Waals surface area (Å²) in [4.78, 5) is 0. The Morgan fingerprint density at radius 3 is 2.71 bits per heavy atom. The summed E-state index contributed by atoms with van der Waals surface area (Å²) in [5.41, 5.74) is 9.87. The van der Waals surface area contributed by atoms with Gasteiger partial charge in [0.05, 0.1) is 11.4 Å². The topological polar surface area (TPSA) is 43.8 Å². The van der Waals surface area contributed by atoms with Gasteiger partial charge in [-0.3, -0.25) is 0 Å². The lowest BCUT2D eigenvalue weighted by atomic mass is 9.89. The summed E-state index contributed by atoms with van der Waals surface area (Å²) in [6.07, 6.45) is 2.79. The first-order chi connectivity index (χ1) is 9.99. The van der Waals surface area contributed by atoms with Gasteiger partial charge >= 0.3 is 0 Å². The quantitative estimate of drug-likeness (QED) is 0.918. The molecule has 2 N–H and O–H groups in total. The molecule has 0 bridgehead atoms. The van der Waals surface area contributed by atoms with Crippen LogP contribution in [-0.2, 0) is 6.42 Å². The predicted octanol–water partition coefficient (Wildman–Crippen LogP) is 3.61. The summed E-state index contributed by atoms with van der Waals surface area (Å²) in [6.45, 7) is 4.14. The molecule has 112 valence electrons. The van der Waals surface area contributed by atoms with E-state index in [-0.39, 0.29) is 12.0 Å². The maximum Gasteiger partial charge on any atom is 0.160 e. The van der Waals surface area contributed by atoms with E-state index in [9.17, 15) is 8.78 Å². The molecule has 0 saturated heterocycles. The number of hydrogen-bond donors (Lipinski definition) is 1. The van der Waals surface area contributed by atoms with Crippen LogP contribution in [0.5, 0.6) is 0 Å². The Morgan fingerprint density at radius 1 is 1.29 bits per heavy atom. The van der Waals surface area contributed by atoms with Crippen molar-refractivity contribution in [1.29, 1.82) is 0 Å². The third-order valence-corrected chi connectivity index (χ3v) is 4.04. The molecule has 1 unspecified atom stereocenters. The summed E-state index contributed by atoms with van der Waals surface area (Å²) in [6, 6.07) is 3.85. The van der Waals surface area contributed by atoms with E-state index >= 15 is 0 Å². The van der Waals surface area contributed by atoms with Gasteiger partial charge in [-0.05, 0) is 37.3 Å². The molecular formula is C16H19F2N3. The van der Waals surface area contributed by atoms with Gasteiger partial charge < -0.3 is 5.73 Å². The zero-order valence-corrected chi connectivity index (χ0v) is 12.2. The number of halogens is 2. The van der Waals surface area contributed by atoms with Crippen molar-refractivity contribution in [1.82, 2.24) is 9.78 Å². The minimum atomic E-state index is -0.858. The Hall–Kier alpha value is -1.75. The van der Waals surface area contributed by atoms with Gasteiger partial charge in [0.1, 0.15) is 0 Å². The summed E-state index contributed by atoms with van der Waals surface area (Å²) in [5, 5.41) is 4.63. The smallest absolute Gasteiger partial charge is 0.160 e. The van der Waals surface area contributed by atoms with E-state index in [4.69, 9.17) is 5.73 Å². The molecule has 21 heavy (non-hydrogen) atoms. The molecule has 0 saturated carbocycles. The van der Waals surface area contributed by atoms with E-state index in [1.807, 2.05) is 0 Å². The molecule has 1 aliphatic carbocycles. The molecule has 0 radical (unpaired) electrons. The summed E-state index contributed by atoms with van der Waals surface area (Å²) in [5.74, 6) is -1.46. The second kappa shape index (κ2) is 5.22. The molecule has 1 heterocycles. The van der Waals surface area contributed by atoms with Gasteiger partial charge in [-0.25, -0.2) is 13.5 Å². The second-order valence-corrected chi connectivity index (χ2v) is 5.91. The first-order valence-electron chi connectivity index (χ1n) is 7.31. The third kappa shape index (κ3) is 2.35. The number of hydrogen-bond acceptors (Lipinski definition) is 2. The van der Waals surface area contributed by atoms with Crippen LogP contribution in [0, 0.1) is 11.6 Å². The number of aromatic nitrogens is 2. The maximum atomic E-state index is 13.5. The van der Waals surface area contributed by atoms with Crippen LogP contribution in [0.1, 0.15) is 55.6 Å². The van der Waals surface area contributed by atoms with Crippen LogP contribution in [0.3, 0.4) is 0 Å². The van der Waals surface area contributed by atoms with E-state index in [0.29, 0.717) is 5.69 Å². The predicted molar refractivity (Wildman–Crippen MR) is 77.4 cm³/mol. The Labute approximate surface area is 122 Å². The lowest BCUT2D eigenvalue weighted by Gasteiger charge is -2.21. The average molecular weight is 291 g/mol. The van der Waals surface area contributed by atoms with Crippen LogP contribution in [0.15, 0.2) is 18.2 Å². The normalized spacial score (nSPS) is 18.1. The molecular weight excluding hydrogens is 272 g/mol. The van der Waals surface area contributed by atoms with Gasteiger partial charge in [0, 0.05) is 23.4 Å². The second-order valence-electron chi connectivity index (χ2n) is 5.91. The zero-order chi connectivity index (χ0) is 15.1. The minimum absolute atomic E-state index is 0.0230. The number of nitrogens with two attached hydrogens (primary N) is 1. The van der Waals surface area contributed by atoms with Crippen molar-refractivity contribution in [3.05, 3.63) is 46.8 Å². The van der Waals surface area contributed by atoms with Gasteiger partial charge in [0.2, 0.25) is 0 Å². The maximum absolute atomic E-state index is 13.5. The molecule has 3 rings (SSSR count). The lowest BCUT2D eigenvalue weighted by molar-refractivity contribution is 0.506. The number of rotatable bonds is 2. The van der Waals surface area contributed by atoms with Gasteiger partial charge in [-0.2, -0.15) is 5.10 Å². The summed E-state index contributed by atoms with van der Waals surface area (Å²) >= 11 is 0. The van der Waals surface area contributed by atoms with Crippen molar-refractivity contribution in [3.8, 4) is 5.69 Å².